The molecule has 1 aliphatic heterocycles. The van der Waals surface area contributed by atoms with Crippen LogP contribution < -0.4 is 10.6 Å². The first-order valence-electron chi connectivity index (χ1n) is 8.49. The molecule has 23 heavy (non-hydrogen) atoms. The van der Waals surface area contributed by atoms with Crippen LogP contribution in [-0.4, -0.2) is 36.4 Å². The van der Waals surface area contributed by atoms with E-state index < -0.39 is 0 Å². The molecule has 0 aromatic heterocycles. The molecule has 0 radical (unpaired) electrons. The summed E-state index contributed by atoms with van der Waals surface area (Å²) in [7, 11) is 1.79. The Bertz CT molecular complexity index is 573. The maximum atomic E-state index is 12.3. The van der Waals surface area contributed by atoms with Crippen LogP contribution in [0.25, 0.3) is 0 Å². The number of hydrogen-bond acceptors (Lipinski definition) is 2. The molecule has 124 valence electrons. The van der Waals surface area contributed by atoms with Crippen molar-refractivity contribution < 1.29 is 4.79 Å². The first-order chi connectivity index (χ1) is 11.2. The molecule has 3 rings (SSSR count). The lowest BCUT2D eigenvalue weighted by Gasteiger charge is -2.16. The van der Waals surface area contributed by atoms with Crippen molar-refractivity contribution in [1.82, 2.24) is 15.5 Å². The van der Waals surface area contributed by atoms with Crippen LogP contribution >= 0.6 is 0 Å². The van der Waals surface area contributed by atoms with Crippen LogP contribution in [0, 0.1) is 5.92 Å². The van der Waals surface area contributed by atoms with E-state index in [4.69, 9.17) is 0 Å². The summed E-state index contributed by atoms with van der Waals surface area (Å²) >= 11 is 0. The normalized spacial score (nSPS) is 22.7. The van der Waals surface area contributed by atoms with E-state index in [0.717, 1.165) is 37.9 Å². The van der Waals surface area contributed by atoms with Crippen molar-refractivity contribution in [2.24, 2.45) is 10.9 Å². The fraction of sp³-hybridized carbons (Fsp3) is 0.556. The van der Waals surface area contributed by atoms with Gasteiger partial charge < -0.3 is 15.5 Å². The zero-order chi connectivity index (χ0) is 16.2. The molecule has 0 bridgehead atoms. The molecule has 1 aliphatic carbocycles. The highest BCUT2D eigenvalue weighted by atomic mass is 16.2. The van der Waals surface area contributed by atoms with Crippen molar-refractivity contribution in [3.63, 3.8) is 0 Å². The van der Waals surface area contributed by atoms with Gasteiger partial charge in [0.15, 0.2) is 5.96 Å². The predicted molar refractivity (Wildman–Crippen MR) is 92.0 cm³/mol. The summed E-state index contributed by atoms with van der Waals surface area (Å²) in [5.74, 6) is 1.83. The van der Waals surface area contributed by atoms with Crippen molar-refractivity contribution >= 4 is 11.9 Å². The largest absolute Gasteiger partial charge is 0.356 e. The number of guanidine groups is 1. The Kier molecular flexibility index (Phi) is 4.84. The third-order valence-electron chi connectivity index (χ3n) is 4.71. The highest BCUT2D eigenvalue weighted by molar-refractivity contribution is 5.80. The maximum Gasteiger partial charge on any atom is 0.223 e. The van der Waals surface area contributed by atoms with E-state index in [2.05, 4.69) is 34.7 Å². The number of aliphatic imine (C=N–C) groups is 1. The fourth-order valence-corrected chi connectivity index (χ4v) is 3.01. The molecule has 1 heterocycles. The van der Waals surface area contributed by atoms with Crippen molar-refractivity contribution in [3.05, 3.63) is 35.4 Å². The molecular weight excluding hydrogens is 288 g/mol. The average molecular weight is 314 g/mol. The molecule has 1 fully saturated rings. The molecule has 0 saturated heterocycles. The van der Waals surface area contributed by atoms with Gasteiger partial charge in [0, 0.05) is 39.1 Å². The Morgan fingerprint density at radius 1 is 1.30 bits per heavy atom. The summed E-state index contributed by atoms with van der Waals surface area (Å²) in [6, 6.07) is 8.86. The zero-order valence-electron chi connectivity index (χ0n) is 14.0. The van der Waals surface area contributed by atoms with Gasteiger partial charge in [0.2, 0.25) is 5.91 Å². The van der Waals surface area contributed by atoms with Gasteiger partial charge in [-0.25, -0.2) is 0 Å². The standard InChI is InChI=1S/C18H26N4O/c1-13-10-16(13)21-18(19-2)20-9-5-8-17(23)22-11-14-6-3-4-7-15(14)12-22/h3-4,6-7,13,16H,5,8-12H2,1-2H3,(H2,19,20,21). The Balaban J connectivity index is 1.35. The van der Waals surface area contributed by atoms with Crippen LogP contribution in [0.3, 0.4) is 0 Å². The summed E-state index contributed by atoms with van der Waals surface area (Å²) in [4.78, 5) is 18.5. The Hall–Kier alpha value is -2.04. The summed E-state index contributed by atoms with van der Waals surface area (Å²) in [5.41, 5.74) is 2.56. The molecule has 1 saturated carbocycles. The zero-order valence-corrected chi connectivity index (χ0v) is 14.0. The molecule has 2 unspecified atom stereocenters. The van der Waals surface area contributed by atoms with E-state index in [1.165, 1.54) is 17.5 Å². The number of rotatable bonds is 5. The van der Waals surface area contributed by atoms with Crippen molar-refractivity contribution in [2.45, 2.75) is 45.3 Å². The second kappa shape index (κ2) is 7.02. The molecule has 0 spiro atoms. The van der Waals surface area contributed by atoms with Crippen LogP contribution in [0.1, 0.15) is 37.3 Å². The molecule has 1 aromatic carbocycles. The third kappa shape index (κ3) is 4.03. The van der Waals surface area contributed by atoms with Gasteiger partial charge in [-0.15, -0.1) is 0 Å². The van der Waals surface area contributed by atoms with E-state index in [9.17, 15) is 4.79 Å². The third-order valence-corrected chi connectivity index (χ3v) is 4.71. The lowest BCUT2D eigenvalue weighted by atomic mass is 10.1. The minimum atomic E-state index is 0.238. The quantitative estimate of drug-likeness (QED) is 0.496. The van der Waals surface area contributed by atoms with Crippen LogP contribution in [0.2, 0.25) is 0 Å². The first kappa shape index (κ1) is 15.8. The molecule has 2 N–H and O–H groups in total. The fourth-order valence-electron chi connectivity index (χ4n) is 3.01. The average Bonchev–Trinajstić information content (AvgIpc) is 3.09. The van der Waals surface area contributed by atoms with Gasteiger partial charge >= 0.3 is 0 Å². The molecule has 1 aromatic rings. The summed E-state index contributed by atoms with van der Waals surface area (Å²) < 4.78 is 0. The number of hydrogen-bond donors (Lipinski definition) is 2. The van der Waals surface area contributed by atoms with E-state index in [1.807, 2.05) is 17.0 Å². The lowest BCUT2D eigenvalue weighted by molar-refractivity contribution is -0.131. The number of amides is 1. The number of nitrogens with zero attached hydrogens (tertiary/aromatic N) is 2. The van der Waals surface area contributed by atoms with Crippen LogP contribution in [0.15, 0.2) is 29.3 Å². The van der Waals surface area contributed by atoms with Crippen molar-refractivity contribution in [1.29, 1.82) is 0 Å². The van der Waals surface area contributed by atoms with E-state index in [-0.39, 0.29) is 5.91 Å². The van der Waals surface area contributed by atoms with Gasteiger partial charge in [-0.05, 0) is 29.9 Å². The molecule has 2 aliphatic rings. The SMILES string of the molecule is CN=C(NCCCC(=O)N1Cc2ccccc2C1)NC1CC1C. The molecule has 1 amide bonds. The molecule has 5 nitrogen and oxygen atoms in total. The van der Waals surface area contributed by atoms with Crippen LogP contribution in [-0.2, 0) is 17.9 Å². The molecule has 2 atom stereocenters. The molecular formula is C18H26N4O. The maximum absolute atomic E-state index is 12.3. The van der Waals surface area contributed by atoms with Gasteiger partial charge in [0.1, 0.15) is 0 Å². The van der Waals surface area contributed by atoms with Crippen LogP contribution in [0.5, 0.6) is 0 Å². The summed E-state index contributed by atoms with van der Waals surface area (Å²) in [6.45, 7) is 4.52. The van der Waals surface area contributed by atoms with E-state index in [1.54, 1.807) is 7.05 Å². The monoisotopic (exact) mass is 314 g/mol. The summed E-state index contributed by atoms with van der Waals surface area (Å²) in [5, 5.41) is 6.68. The minimum absolute atomic E-state index is 0.238. The lowest BCUT2D eigenvalue weighted by Crippen LogP contribution is -2.39. The van der Waals surface area contributed by atoms with Gasteiger partial charge in [-0.2, -0.15) is 0 Å². The van der Waals surface area contributed by atoms with E-state index >= 15 is 0 Å². The number of fused-ring (bicyclic) bond motifs is 1. The Labute approximate surface area is 138 Å². The Morgan fingerprint density at radius 3 is 2.52 bits per heavy atom. The number of nitrogens with one attached hydrogen (secondary N) is 2. The highest BCUT2D eigenvalue weighted by Gasteiger charge is 2.33. The van der Waals surface area contributed by atoms with Gasteiger partial charge in [-0.3, -0.25) is 9.79 Å². The second-order valence-corrected chi connectivity index (χ2v) is 6.58. The van der Waals surface area contributed by atoms with Crippen LogP contribution in [0.4, 0.5) is 0 Å². The topological polar surface area (TPSA) is 56.7 Å². The highest BCUT2D eigenvalue weighted by Crippen LogP contribution is 2.28. The van der Waals surface area contributed by atoms with E-state index in [0.29, 0.717) is 12.5 Å². The predicted octanol–water partition coefficient (Wildman–Crippen LogP) is 1.88. The minimum Gasteiger partial charge on any atom is -0.356 e. The number of carbonyl (C=O) groups excluding carboxylic acids is 1. The second-order valence-electron chi connectivity index (χ2n) is 6.58. The molecule has 5 heteroatoms. The summed E-state index contributed by atoms with van der Waals surface area (Å²) in [6.07, 6.45) is 2.62. The van der Waals surface area contributed by atoms with Gasteiger partial charge in [0.05, 0.1) is 0 Å². The van der Waals surface area contributed by atoms with Crippen molar-refractivity contribution in [3.8, 4) is 0 Å². The smallest absolute Gasteiger partial charge is 0.223 e. The van der Waals surface area contributed by atoms with Gasteiger partial charge in [-0.1, -0.05) is 31.2 Å². The number of carbonyl (C=O) groups is 1. The Morgan fingerprint density at radius 2 is 1.96 bits per heavy atom. The first-order valence-corrected chi connectivity index (χ1v) is 8.49. The van der Waals surface area contributed by atoms with Crippen molar-refractivity contribution in [2.75, 3.05) is 13.6 Å². The number of benzene rings is 1. The van der Waals surface area contributed by atoms with Gasteiger partial charge in [0.25, 0.3) is 0 Å².